The predicted molar refractivity (Wildman–Crippen MR) is 69.4 cm³/mol. The summed E-state index contributed by atoms with van der Waals surface area (Å²) < 4.78 is 5.52. The van der Waals surface area contributed by atoms with E-state index in [2.05, 4.69) is 5.32 Å². The molecule has 17 heavy (non-hydrogen) atoms. The van der Waals surface area contributed by atoms with E-state index in [-0.39, 0.29) is 18.1 Å². The lowest BCUT2D eigenvalue weighted by molar-refractivity contribution is 0.0939. The number of carbonyl (C=O) groups excluding carboxylic acids is 1. The summed E-state index contributed by atoms with van der Waals surface area (Å²) in [4.78, 5) is 11.8. The molecule has 1 N–H and O–H groups in total. The average molecular weight is 235 g/mol. The SMILES string of the molecule is CCC(C)NC(=O)c1ccc(OC(C)C)cc1. The first kappa shape index (κ1) is 13.6. The third kappa shape index (κ3) is 4.47. The molecule has 0 aliphatic rings. The van der Waals surface area contributed by atoms with Crippen LogP contribution in [-0.2, 0) is 0 Å². The zero-order valence-corrected chi connectivity index (χ0v) is 11.0. The van der Waals surface area contributed by atoms with Crippen molar-refractivity contribution in [3.05, 3.63) is 29.8 Å². The number of nitrogens with one attached hydrogen (secondary N) is 1. The molecular weight excluding hydrogens is 214 g/mol. The van der Waals surface area contributed by atoms with Gasteiger partial charge in [0.25, 0.3) is 5.91 Å². The van der Waals surface area contributed by atoms with Crippen molar-refractivity contribution in [2.45, 2.75) is 46.3 Å². The van der Waals surface area contributed by atoms with Crippen molar-refractivity contribution in [3.63, 3.8) is 0 Å². The Morgan fingerprint density at radius 2 is 1.82 bits per heavy atom. The van der Waals surface area contributed by atoms with Gasteiger partial charge in [0.05, 0.1) is 6.10 Å². The molecule has 0 heterocycles. The largest absolute Gasteiger partial charge is 0.491 e. The van der Waals surface area contributed by atoms with Crippen LogP contribution in [0.3, 0.4) is 0 Å². The summed E-state index contributed by atoms with van der Waals surface area (Å²) in [5.41, 5.74) is 0.668. The van der Waals surface area contributed by atoms with Gasteiger partial charge in [0.15, 0.2) is 0 Å². The van der Waals surface area contributed by atoms with E-state index in [0.717, 1.165) is 12.2 Å². The molecule has 0 saturated carbocycles. The van der Waals surface area contributed by atoms with Gasteiger partial charge in [-0.15, -0.1) is 0 Å². The first-order valence-corrected chi connectivity index (χ1v) is 6.10. The topological polar surface area (TPSA) is 38.3 Å². The fraction of sp³-hybridized carbons (Fsp3) is 0.500. The third-order valence-corrected chi connectivity index (χ3v) is 2.48. The zero-order chi connectivity index (χ0) is 12.8. The lowest BCUT2D eigenvalue weighted by atomic mass is 10.2. The molecular formula is C14H21NO2. The minimum Gasteiger partial charge on any atom is -0.491 e. The van der Waals surface area contributed by atoms with Crippen LogP contribution in [0.2, 0.25) is 0 Å². The molecule has 94 valence electrons. The summed E-state index contributed by atoms with van der Waals surface area (Å²) in [6, 6.07) is 7.43. The van der Waals surface area contributed by atoms with Gasteiger partial charge in [-0.2, -0.15) is 0 Å². The monoisotopic (exact) mass is 235 g/mol. The van der Waals surface area contributed by atoms with E-state index in [4.69, 9.17) is 4.74 Å². The molecule has 1 unspecified atom stereocenters. The number of hydrogen-bond donors (Lipinski definition) is 1. The van der Waals surface area contributed by atoms with Gasteiger partial charge in [-0.1, -0.05) is 6.92 Å². The first-order valence-electron chi connectivity index (χ1n) is 6.10. The van der Waals surface area contributed by atoms with Crippen molar-refractivity contribution in [1.29, 1.82) is 0 Å². The van der Waals surface area contributed by atoms with Crippen LogP contribution < -0.4 is 10.1 Å². The van der Waals surface area contributed by atoms with Gasteiger partial charge in [0.1, 0.15) is 5.75 Å². The first-order chi connectivity index (χ1) is 8.02. The second-order valence-electron chi connectivity index (χ2n) is 4.47. The molecule has 0 bridgehead atoms. The smallest absolute Gasteiger partial charge is 0.251 e. The molecule has 0 spiro atoms. The summed E-state index contributed by atoms with van der Waals surface area (Å²) in [5, 5.41) is 2.93. The molecule has 1 amide bonds. The summed E-state index contributed by atoms with van der Waals surface area (Å²) in [6.45, 7) is 7.99. The van der Waals surface area contributed by atoms with Crippen LogP contribution >= 0.6 is 0 Å². The number of hydrogen-bond acceptors (Lipinski definition) is 2. The van der Waals surface area contributed by atoms with E-state index in [1.165, 1.54) is 0 Å². The Kier molecular flexibility index (Phi) is 5.01. The van der Waals surface area contributed by atoms with E-state index in [9.17, 15) is 4.79 Å². The van der Waals surface area contributed by atoms with Gasteiger partial charge < -0.3 is 10.1 Å². The Balaban J connectivity index is 2.64. The fourth-order valence-electron chi connectivity index (χ4n) is 1.37. The Morgan fingerprint density at radius 3 is 2.29 bits per heavy atom. The highest BCUT2D eigenvalue weighted by Gasteiger charge is 2.08. The molecule has 1 aromatic rings. The van der Waals surface area contributed by atoms with Gasteiger partial charge >= 0.3 is 0 Å². The molecule has 0 aliphatic heterocycles. The van der Waals surface area contributed by atoms with Crippen LogP contribution in [0.25, 0.3) is 0 Å². The van der Waals surface area contributed by atoms with Gasteiger partial charge in [-0.05, 0) is 51.5 Å². The number of ether oxygens (including phenoxy) is 1. The van der Waals surface area contributed by atoms with E-state index in [1.54, 1.807) is 12.1 Å². The molecule has 0 radical (unpaired) electrons. The second-order valence-corrected chi connectivity index (χ2v) is 4.47. The maximum absolute atomic E-state index is 11.8. The maximum Gasteiger partial charge on any atom is 0.251 e. The quantitative estimate of drug-likeness (QED) is 0.852. The Bertz CT molecular complexity index is 357. The van der Waals surface area contributed by atoms with Crippen molar-refractivity contribution in [2.75, 3.05) is 0 Å². The van der Waals surface area contributed by atoms with Crippen LogP contribution in [0.5, 0.6) is 5.75 Å². The highest BCUT2D eigenvalue weighted by molar-refractivity contribution is 5.94. The molecule has 0 aromatic heterocycles. The number of benzene rings is 1. The standard InChI is InChI=1S/C14H21NO2/c1-5-11(4)15-14(16)12-6-8-13(9-7-12)17-10(2)3/h6-11H,5H2,1-4H3,(H,15,16). The zero-order valence-electron chi connectivity index (χ0n) is 11.0. The van der Waals surface area contributed by atoms with Crippen LogP contribution in [0.15, 0.2) is 24.3 Å². The fourth-order valence-corrected chi connectivity index (χ4v) is 1.37. The maximum atomic E-state index is 11.8. The van der Waals surface area contributed by atoms with E-state index < -0.39 is 0 Å². The molecule has 1 atom stereocenters. The molecule has 0 aliphatic carbocycles. The van der Waals surface area contributed by atoms with Gasteiger partial charge in [-0.25, -0.2) is 0 Å². The van der Waals surface area contributed by atoms with Crippen LogP contribution in [-0.4, -0.2) is 18.1 Å². The average Bonchev–Trinajstić information content (AvgIpc) is 2.28. The summed E-state index contributed by atoms with van der Waals surface area (Å²) in [5.74, 6) is 0.760. The Hall–Kier alpha value is -1.51. The second kappa shape index (κ2) is 6.28. The minimum atomic E-state index is -0.0320. The van der Waals surface area contributed by atoms with Crippen molar-refractivity contribution in [2.24, 2.45) is 0 Å². The normalized spacial score (nSPS) is 12.3. The van der Waals surface area contributed by atoms with Gasteiger partial charge in [0, 0.05) is 11.6 Å². The summed E-state index contributed by atoms with van der Waals surface area (Å²) >= 11 is 0. The van der Waals surface area contributed by atoms with Crippen molar-refractivity contribution < 1.29 is 9.53 Å². The molecule has 0 fully saturated rings. The van der Waals surface area contributed by atoms with Crippen molar-refractivity contribution in [3.8, 4) is 5.75 Å². The minimum absolute atomic E-state index is 0.0320. The molecule has 1 rings (SSSR count). The van der Waals surface area contributed by atoms with E-state index in [1.807, 2.05) is 39.8 Å². The van der Waals surface area contributed by atoms with Crippen molar-refractivity contribution >= 4 is 5.91 Å². The molecule has 1 aromatic carbocycles. The van der Waals surface area contributed by atoms with Gasteiger partial charge in [-0.3, -0.25) is 4.79 Å². The van der Waals surface area contributed by atoms with Gasteiger partial charge in [0.2, 0.25) is 0 Å². The van der Waals surface area contributed by atoms with Crippen LogP contribution in [0.1, 0.15) is 44.5 Å². The molecule has 3 nitrogen and oxygen atoms in total. The molecule has 0 saturated heterocycles. The number of amides is 1. The van der Waals surface area contributed by atoms with E-state index in [0.29, 0.717) is 5.56 Å². The van der Waals surface area contributed by atoms with Crippen molar-refractivity contribution in [1.82, 2.24) is 5.32 Å². The third-order valence-electron chi connectivity index (χ3n) is 2.48. The lowest BCUT2D eigenvalue weighted by Gasteiger charge is -2.12. The Morgan fingerprint density at radius 1 is 1.24 bits per heavy atom. The van der Waals surface area contributed by atoms with Crippen LogP contribution in [0, 0.1) is 0 Å². The number of rotatable bonds is 5. The Labute approximate surface area is 103 Å². The summed E-state index contributed by atoms with van der Waals surface area (Å²) in [6.07, 6.45) is 1.08. The summed E-state index contributed by atoms with van der Waals surface area (Å²) in [7, 11) is 0. The number of carbonyl (C=O) groups is 1. The van der Waals surface area contributed by atoms with E-state index >= 15 is 0 Å². The highest BCUT2D eigenvalue weighted by atomic mass is 16.5. The molecule has 3 heteroatoms. The predicted octanol–water partition coefficient (Wildman–Crippen LogP) is 3.00. The lowest BCUT2D eigenvalue weighted by Crippen LogP contribution is -2.31. The van der Waals surface area contributed by atoms with Crippen LogP contribution in [0.4, 0.5) is 0 Å². The highest BCUT2D eigenvalue weighted by Crippen LogP contribution is 2.13.